The van der Waals surface area contributed by atoms with Gasteiger partial charge in [-0.2, -0.15) is 0 Å². The summed E-state index contributed by atoms with van der Waals surface area (Å²) in [4.78, 5) is 15.3. The maximum atomic E-state index is 14.2. The lowest BCUT2D eigenvalue weighted by atomic mass is 10.2. The van der Waals surface area contributed by atoms with Crippen molar-refractivity contribution < 1.29 is 26.8 Å². The number of anilines is 1. The molecule has 0 aliphatic carbocycles. The van der Waals surface area contributed by atoms with E-state index in [1.165, 1.54) is 11.0 Å². The Kier molecular flexibility index (Phi) is 6.29. The van der Waals surface area contributed by atoms with Crippen molar-refractivity contribution in [2.24, 2.45) is 0 Å². The lowest BCUT2D eigenvalue weighted by Gasteiger charge is -2.36. The zero-order valence-corrected chi connectivity index (χ0v) is 18.3. The van der Waals surface area contributed by atoms with Crippen LogP contribution in [0.15, 0.2) is 34.7 Å². The highest BCUT2D eigenvalue weighted by atomic mass is 35.5. The minimum atomic E-state index is -1.66. The Balaban J connectivity index is 1.48. The molecule has 0 radical (unpaired) electrons. The molecule has 3 aromatic rings. The van der Waals surface area contributed by atoms with Crippen LogP contribution in [-0.4, -0.2) is 37.0 Å². The first-order chi connectivity index (χ1) is 15.2. The summed E-state index contributed by atoms with van der Waals surface area (Å²) in [7, 11) is 0. The van der Waals surface area contributed by atoms with E-state index in [1.807, 2.05) is 0 Å². The number of halogens is 7. The fourth-order valence-corrected chi connectivity index (χ4v) is 3.88. The molecule has 1 aromatic heterocycles. The minimum Gasteiger partial charge on any atom is -0.451 e. The fourth-order valence-electron chi connectivity index (χ4n) is 3.42. The summed E-state index contributed by atoms with van der Waals surface area (Å²) in [5.74, 6) is -6.46. The molecule has 2 heterocycles. The van der Waals surface area contributed by atoms with E-state index in [2.05, 4.69) is 0 Å². The van der Waals surface area contributed by atoms with Gasteiger partial charge in [-0.3, -0.25) is 4.79 Å². The molecule has 0 atom stereocenters. The third-order valence-electron chi connectivity index (χ3n) is 5.09. The zero-order chi connectivity index (χ0) is 23.2. The molecule has 32 heavy (non-hydrogen) atoms. The van der Waals surface area contributed by atoms with Crippen molar-refractivity contribution in [3.63, 3.8) is 0 Å². The summed E-state index contributed by atoms with van der Waals surface area (Å²) in [6.45, 7) is -0.0142. The lowest BCUT2D eigenvalue weighted by Crippen LogP contribution is -2.49. The highest BCUT2D eigenvalue weighted by molar-refractivity contribution is 6.42. The van der Waals surface area contributed by atoms with Crippen molar-refractivity contribution in [2.45, 2.75) is 0 Å². The summed E-state index contributed by atoms with van der Waals surface area (Å²) in [6.07, 6.45) is 0. The molecule has 0 N–H and O–H groups in total. The van der Waals surface area contributed by atoms with Crippen LogP contribution >= 0.6 is 34.8 Å². The van der Waals surface area contributed by atoms with Gasteiger partial charge in [0.05, 0.1) is 10.0 Å². The molecule has 1 amide bonds. The summed E-state index contributed by atoms with van der Waals surface area (Å²) >= 11 is 17.2. The van der Waals surface area contributed by atoms with Crippen LogP contribution in [0, 0.1) is 23.3 Å². The Bertz CT molecular complexity index is 1180. The Morgan fingerprint density at radius 3 is 2.03 bits per heavy atom. The van der Waals surface area contributed by atoms with Crippen LogP contribution in [0.3, 0.4) is 0 Å². The number of hydrogen-bond acceptors (Lipinski definition) is 3. The molecular weight excluding hydrogens is 495 g/mol. The number of piperazine rings is 1. The standard InChI is InChI=1S/C21H13Cl3F4N2O2/c22-11-2-1-10(9-12(11)23)13-3-4-14(32-13)21(31)30-7-5-29(6-8-30)20-18(27)16(25)15(24)17(26)19(20)28/h1-4,9H,5-8H2. The molecule has 2 aromatic carbocycles. The van der Waals surface area contributed by atoms with E-state index < -0.39 is 39.9 Å². The van der Waals surface area contributed by atoms with Gasteiger partial charge in [-0.15, -0.1) is 0 Å². The second-order valence-corrected chi connectivity index (χ2v) is 8.18. The Morgan fingerprint density at radius 1 is 0.812 bits per heavy atom. The SMILES string of the molecule is O=C(c1ccc(-c2ccc(Cl)c(Cl)c2)o1)N1CCN(c2c(F)c(F)c(Cl)c(F)c2F)CC1. The van der Waals surface area contributed by atoms with Gasteiger partial charge in [0, 0.05) is 31.7 Å². The van der Waals surface area contributed by atoms with Gasteiger partial charge >= 0.3 is 0 Å². The summed E-state index contributed by atoms with van der Waals surface area (Å²) in [5, 5.41) is -0.531. The lowest BCUT2D eigenvalue weighted by molar-refractivity contribution is 0.0715. The highest BCUT2D eigenvalue weighted by Gasteiger charge is 2.31. The number of furan rings is 1. The molecule has 4 nitrogen and oxygen atoms in total. The number of rotatable bonds is 3. The van der Waals surface area contributed by atoms with Crippen LogP contribution < -0.4 is 4.90 Å². The van der Waals surface area contributed by atoms with Gasteiger partial charge in [-0.25, -0.2) is 17.6 Å². The van der Waals surface area contributed by atoms with Gasteiger partial charge in [0.2, 0.25) is 0 Å². The number of carbonyl (C=O) groups excluding carboxylic acids is 1. The zero-order valence-electron chi connectivity index (χ0n) is 16.1. The van der Waals surface area contributed by atoms with E-state index in [0.29, 0.717) is 21.4 Å². The predicted octanol–water partition coefficient (Wildman–Crippen LogP) is 6.43. The normalized spacial score (nSPS) is 14.2. The number of benzene rings is 2. The first-order valence-corrected chi connectivity index (χ1v) is 10.4. The molecule has 1 aliphatic rings. The second kappa shape index (κ2) is 8.84. The molecular formula is C21H13Cl3F4N2O2. The van der Waals surface area contributed by atoms with Crippen molar-refractivity contribution in [2.75, 3.05) is 31.1 Å². The van der Waals surface area contributed by atoms with Gasteiger partial charge in [0.1, 0.15) is 16.5 Å². The van der Waals surface area contributed by atoms with E-state index in [9.17, 15) is 22.4 Å². The van der Waals surface area contributed by atoms with E-state index in [-0.39, 0.29) is 31.9 Å². The van der Waals surface area contributed by atoms with Crippen LogP contribution in [0.2, 0.25) is 15.1 Å². The van der Waals surface area contributed by atoms with Gasteiger partial charge in [-0.1, -0.05) is 34.8 Å². The first kappa shape index (κ1) is 22.8. The molecule has 0 spiro atoms. The third kappa shape index (κ3) is 4.02. The van der Waals surface area contributed by atoms with Crippen molar-refractivity contribution in [1.82, 2.24) is 4.90 Å². The van der Waals surface area contributed by atoms with Crippen LogP contribution in [0.25, 0.3) is 11.3 Å². The quantitative estimate of drug-likeness (QED) is 0.233. The molecule has 168 valence electrons. The van der Waals surface area contributed by atoms with Gasteiger partial charge in [0.25, 0.3) is 5.91 Å². The van der Waals surface area contributed by atoms with Crippen molar-refractivity contribution in [3.8, 4) is 11.3 Å². The highest BCUT2D eigenvalue weighted by Crippen LogP contribution is 2.34. The molecule has 1 saturated heterocycles. The van der Waals surface area contributed by atoms with Gasteiger partial charge in [-0.05, 0) is 30.3 Å². The van der Waals surface area contributed by atoms with Crippen LogP contribution in [0.5, 0.6) is 0 Å². The Morgan fingerprint density at radius 2 is 1.44 bits per heavy atom. The average Bonchev–Trinajstić information content (AvgIpc) is 3.28. The third-order valence-corrected chi connectivity index (χ3v) is 6.16. The maximum absolute atomic E-state index is 14.2. The van der Waals surface area contributed by atoms with E-state index in [1.54, 1.807) is 24.3 Å². The molecule has 0 unspecified atom stereocenters. The van der Waals surface area contributed by atoms with E-state index >= 15 is 0 Å². The Labute approximate surface area is 194 Å². The number of amides is 1. The predicted molar refractivity (Wildman–Crippen MR) is 114 cm³/mol. The second-order valence-electron chi connectivity index (χ2n) is 6.99. The summed E-state index contributed by atoms with van der Waals surface area (Å²) in [5.41, 5.74) is -0.225. The number of carbonyl (C=O) groups is 1. The van der Waals surface area contributed by atoms with Crippen LogP contribution in [-0.2, 0) is 0 Å². The van der Waals surface area contributed by atoms with E-state index in [4.69, 9.17) is 39.2 Å². The van der Waals surface area contributed by atoms with Crippen molar-refractivity contribution >= 4 is 46.4 Å². The van der Waals surface area contributed by atoms with Crippen molar-refractivity contribution in [3.05, 3.63) is 74.4 Å². The first-order valence-electron chi connectivity index (χ1n) is 9.30. The summed E-state index contributed by atoms with van der Waals surface area (Å²) in [6, 6.07) is 7.99. The molecule has 1 aliphatic heterocycles. The number of nitrogens with zero attached hydrogens (tertiary/aromatic N) is 2. The van der Waals surface area contributed by atoms with Gasteiger partial charge < -0.3 is 14.2 Å². The molecule has 0 saturated carbocycles. The molecule has 1 fully saturated rings. The minimum absolute atomic E-state index is 0.0480. The number of hydrogen-bond donors (Lipinski definition) is 0. The molecule has 0 bridgehead atoms. The largest absolute Gasteiger partial charge is 0.451 e. The Hall–Kier alpha value is -2.42. The van der Waals surface area contributed by atoms with Crippen molar-refractivity contribution in [1.29, 1.82) is 0 Å². The van der Waals surface area contributed by atoms with Crippen LogP contribution in [0.1, 0.15) is 10.6 Å². The average molecular weight is 508 g/mol. The summed E-state index contributed by atoms with van der Waals surface area (Å²) < 4.78 is 61.6. The van der Waals surface area contributed by atoms with Crippen LogP contribution in [0.4, 0.5) is 23.2 Å². The molecule has 4 rings (SSSR count). The smallest absolute Gasteiger partial charge is 0.289 e. The van der Waals surface area contributed by atoms with E-state index in [0.717, 1.165) is 4.90 Å². The topological polar surface area (TPSA) is 36.7 Å². The van der Waals surface area contributed by atoms with Gasteiger partial charge in [0.15, 0.2) is 29.0 Å². The fraction of sp³-hybridized carbons (Fsp3) is 0.190. The molecule has 11 heteroatoms. The monoisotopic (exact) mass is 506 g/mol. The maximum Gasteiger partial charge on any atom is 0.289 e.